The third kappa shape index (κ3) is 2.42. The number of rotatable bonds is 3. The lowest BCUT2D eigenvalue weighted by atomic mass is 10.0. The Labute approximate surface area is 122 Å². The number of hydrogen-bond acceptors (Lipinski definition) is 5. The van der Waals surface area contributed by atoms with Gasteiger partial charge in [0, 0.05) is 5.39 Å². The number of fused-ring (bicyclic) bond motifs is 1. The fraction of sp³-hybridized carbons (Fsp3) is 0. The summed E-state index contributed by atoms with van der Waals surface area (Å²) in [6, 6.07) is 14.0. The Kier molecular flexibility index (Phi) is 3.25. The highest BCUT2D eigenvalue weighted by Gasteiger charge is 2.07. The van der Waals surface area contributed by atoms with Crippen LogP contribution in [0.15, 0.2) is 49.0 Å². The molecule has 1 heterocycles. The lowest BCUT2D eigenvalue weighted by molar-refractivity contribution is 1.19. The van der Waals surface area contributed by atoms with Crippen LogP contribution in [0.1, 0.15) is 5.56 Å². The standard InChI is InChI=1S/C16H15N5/c1-2-10-3-5-11(6-4-10)12-7-8-14-13(9-12)15(21-18)20-16(17)19-14/h2-9H,1,18H2,(H3,17,19,20,21). The summed E-state index contributed by atoms with van der Waals surface area (Å²) in [5, 5.41) is 0.831. The van der Waals surface area contributed by atoms with Crippen molar-refractivity contribution in [3.05, 3.63) is 54.6 Å². The first-order valence-corrected chi connectivity index (χ1v) is 6.48. The number of nitrogens with two attached hydrogens (primary N) is 2. The van der Waals surface area contributed by atoms with Gasteiger partial charge in [0.2, 0.25) is 5.95 Å². The number of nitrogens with one attached hydrogen (secondary N) is 1. The van der Waals surface area contributed by atoms with E-state index in [1.54, 1.807) is 0 Å². The molecule has 0 aliphatic heterocycles. The quantitative estimate of drug-likeness (QED) is 0.506. The van der Waals surface area contributed by atoms with Crippen LogP contribution in [0.5, 0.6) is 0 Å². The maximum Gasteiger partial charge on any atom is 0.222 e. The van der Waals surface area contributed by atoms with Crippen molar-refractivity contribution in [2.45, 2.75) is 0 Å². The molecule has 0 aliphatic carbocycles. The molecule has 104 valence electrons. The molecule has 0 fully saturated rings. The van der Waals surface area contributed by atoms with Crippen molar-refractivity contribution in [2.75, 3.05) is 11.2 Å². The van der Waals surface area contributed by atoms with Gasteiger partial charge in [0.25, 0.3) is 0 Å². The predicted octanol–water partition coefficient (Wildman–Crippen LogP) is 2.81. The molecular weight excluding hydrogens is 262 g/mol. The number of nitrogens with zero attached hydrogens (tertiary/aromatic N) is 2. The van der Waals surface area contributed by atoms with Gasteiger partial charge < -0.3 is 11.2 Å². The van der Waals surface area contributed by atoms with Gasteiger partial charge in [-0.15, -0.1) is 0 Å². The predicted molar refractivity (Wildman–Crippen MR) is 87.3 cm³/mol. The summed E-state index contributed by atoms with van der Waals surface area (Å²) in [5.74, 6) is 6.21. The minimum Gasteiger partial charge on any atom is -0.368 e. The zero-order valence-electron chi connectivity index (χ0n) is 11.4. The van der Waals surface area contributed by atoms with Gasteiger partial charge in [-0.25, -0.2) is 10.8 Å². The van der Waals surface area contributed by atoms with E-state index in [-0.39, 0.29) is 5.95 Å². The Bertz CT molecular complexity index is 809. The Hall–Kier alpha value is -2.92. The molecule has 0 atom stereocenters. The summed E-state index contributed by atoms with van der Waals surface area (Å²) >= 11 is 0. The zero-order valence-corrected chi connectivity index (χ0v) is 11.4. The molecule has 2 aromatic carbocycles. The van der Waals surface area contributed by atoms with Gasteiger partial charge in [-0.3, -0.25) is 0 Å². The third-order valence-corrected chi connectivity index (χ3v) is 3.33. The molecule has 0 amide bonds. The van der Waals surface area contributed by atoms with Crippen molar-refractivity contribution in [3.8, 4) is 11.1 Å². The van der Waals surface area contributed by atoms with E-state index in [9.17, 15) is 0 Å². The van der Waals surface area contributed by atoms with Crippen LogP contribution in [0.25, 0.3) is 28.1 Å². The minimum atomic E-state index is 0.193. The van der Waals surface area contributed by atoms with Crippen molar-refractivity contribution in [2.24, 2.45) is 5.84 Å². The van der Waals surface area contributed by atoms with Gasteiger partial charge in [0.15, 0.2) is 5.82 Å². The van der Waals surface area contributed by atoms with Crippen LogP contribution in [0.4, 0.5) is 11.8 Å². The van der Waals surface area contributed by atoms with Crippen molar-refractivity contribution in [1.29, 1.82) is 0 Å². The second kappa shape index (κ2) is 5.22. The van der Waals surface area contributed by atoms with Gasteiger partial charge >= 0.3 is 0 Å². The molecule has 0 saturated carbocycles. The SMILES string of the molecule is C=Cc1ccc(-c2ccc3nc(N)nc(NN)c3c2)cc1. The van der Waals surface area contributed by atoms with Crippen LogP contribution >= 0.6 is 0 Å². The van der Waals surface area contributed by atoms with Crippen LogP contribution in [-0.4, -0.2) is 9.97 Å². The monoisotopic (exact) mass is 277 g/mol. The summed E-state index contributed by atoms with van der Waals surface area (Å²) in [6.07, 6.45) is 1.82. The van der Waals surface area contributed by atoms with Crippen LogP contribution in [0.3, 0.4) is 0 Å². The number of aromatic nitrogens is 2. The smallest absolute Gasteiger partial charge is 0.222 e. The van der Waals surface area contributed by atoms with Crippen molar-refractivity contribution >= 4 is 28.7 Å². The molecule has 3 rings (SSSR count). The summed E-state index contributed by atoms with van der Waals surface area (Å²) in [7, 11) is 0. The molecule has 0 bridgehead atoms. The molecular formula is C16H15N5. The van der Waals surface area contributed by atoms with Crippen LogP contribution in [0.2, 0.25) is 0 Å². The Morgan fingerprint density at radius 2 is 1.71 bits per heavy atom. The summed E-state index contributed by atoms with van der Waals surface area (Å²) in [4.78, 5) is 8.30. The van der Waals surface area contributed by atoms with Crippen molar-refractivity contribution in [1.82, 2.24) is 9.97 Å². The largest absolute Gasteiger partial charge is 0.368 e. The average molecular weight is 277 g/mol. The maximum absolute atomic E-state index is 5.65. The Balaban J connectivity index is 2.15. The van der Waals surface area contributed by atoms with Gasteiger partial charge in [0.05, 0.1) is 5.52 Å². The molecule has 0 aliphatic rings. The summed E-state index contributed by atoms with van der Waals surface area (Å²) in [6.45, 7) is 3.75. The first kappa shape index (κ1) is 13.1. The second-order valence-electron chi connectivity index (χ2n) is 4.63. The van der Waals surface area contributed by atoms with E-state index in [1.807, 2.05) is 48.5 Å². The molecule has 0 spiro atoms. The molecule has 3 aromatic rings. The molecule has 5 N–H and O–H groups in total. The highest BCUT2D eigenvalue weighted by Crippen LogP contribution is 2.27. The molecule has 1 aromatic heterocycles. The van der Waals surface area contributed by atoms with Gasteiger partial charge in [0.1, 0.15) is 0 Å². The Morgan fingerprint density at radius 3 is 2.38 bits per heavy atom. The van der Waals surface area contributed by atoms with E-state index >= 15 is 0 Å². The van der Waals surface area contributed by atoms with Crippen LogP contribution < -0.4 is 17.0 Å². The topological polar surface area (TPSA) is 89.8 Å². The number of hydrogen-bond donors (Lipinski definition) is 3. The van der Waals surface area contributed by atoms with Crippen LogP contribution in [-0.2, 0) is 0 Å². The second-order valence-corrected chi connectivity index (χ2v) is 4.63. The first-order valence-electron chi connectivity index (χ1n) is 6.48. The highest BCUT2D eigenvalue weighted by molar-refractivity contribution is 5.93. The maximum atomic E-state index is 5.65. The lowest BCUT2D eigenvalue weighted by Crippen LogP contribution is -2.11. The summed E-state index contributed by atoms with van der Waals surface area (Å²) in [5.41, 5.74) is 12.2. The van der Waals surface area contributed by atoms with Crippen LogP contribution in [0, 0.1) is 0 Å². The third-order valence-electron chi connectivity index (χ3n) is 3.33. The van der Waals surface area contributed by atoms with Gasteiger partial charge in [-0.2, -0.15) is 4.98 Å². The van der Waals surface area contributed by atoms with E-state index in [4.69, 9.17) is 11.6 Å². The fourth-order valence-corrected chi connectivity index (χ4v) is 2.25. The molecule has 21 heavy (non-hydrogen) atoms. The van der Waals surface area contributed by atoms with E-state index < -0.39 is 0 Å². The average Bonchev–Trinajstić information content (AvgIpc) is 2.53. The first-order chi connectivity index (χ1) is 10.2. The van der Waals surface area contributed by atoms with Gasteiger partial charge in [-0.1, -0.05) is 43.0 Å². The molecule has 5 nitrogen and oxygen atoms in total. The van der Waals surface area contributed by atoms with E-state index in [2.05, 4.69) is 22.0 Å². The van der Waals surface area contributed by atoms with E-state index in [1.165, 1.54) is 0 Å². The molecule has 0 unspecified atom stereocenters. The van der Waals surface area contributed by atoms with E-state index in [0.717, 1.165) is 27.6 Å². The fourth-order valence-electron chi connectivity index (χ4n) is 2.25. The van der Waals surface area contributed by atoms with E-state index in [0.29, 0.717) is 5.82 Å². The number of anilines is 2. The number of hydrazine groups is 1. The van der Waals surface area contributed by atoms with Crippen molar-refractivity contribution in [3.63, 3.8) is 0 Å². The molecule has 0 saturated heterocycles. The highest BCUT2D eigenvalue weighted by atomic mass is 15.3. The summed E-state index contributed by atoms with van der Waals surface area (Å²) < 4.78 is 0. The number of nitrogen functional groups attached to an aromatic ring is 2. The lowest BCUT2D eigenvalue weighted by Gasteiger charge is -2.08. The molecule has 5 heteroatoms. The normalized spacial score (nSPS) is 10.5. The Morgan fingerprint density at radius 1 is 1.00 bits per heavy atom. The molecule has 0 radical (unpaired) electrons. The number of benzene rings is 2. The van der Waals surface area contributed by atoms with Crippen molar-refractivity contribution < 1.29 is 0 Å². The van der Waals surface area contributed by atoms with Gasteiger partial charge in [-0.05, 0) is 28.8 Å². The zero-order chi connectivity index (χ0) is 14.8. The minimum absolute atomic E-state index is 0.193.